The molecule has 2 fully saturated rings. The lowest BCUT2D eigenvalue weighted by Gasteiger charge is -2.38. The Bertz CT molecular complexity index is 791. The van der Waals surface area contributed by atoms with Gasteiger partial charge in [-0.1, -0.05) is 17.7 Å². The van der Waals surface area contributed by atoms with Gasteiger partial charge in [0.15, 0.2) is 0 Å². The Morgan fingerprint density at radius 3 is 2.21 bits per heavy atom. The molecule has 0 bridgehead atoms. The highest BCUT2D eigenvalue weighted by molar-refractivity contribution is 7.89. The van der Waals surface area contributed by atoms with Gasteiger partial charge in [-0.2, -0.15) is 4.31 Å². The van der Waals surface area contributed by atoms with E-state index in [1.807, 2.05) is 44.7 Å². The SMILES string of the molecule is Cc1ccc(S(=O)(=O)N2CCC([C@@H]3CCCN3C(=O)OC(C)(C)C)CC2)cc1. The van der Waals surface area contributed by atoms with Gasteiger partial charge in [0.1, 0.15) is 5.60 Å². The summed E-state index contributed by atoms with van der Waals surface area (Å²) < 4.78 is 32.9. The molecule has 6 nitrogen and oxygen atoms in total. The third kappa shape index (κ3) is 4.69. The van der Waals surface area contributed by atoms with E-state index in [9.17, 15) is 13.2 Å². The molecule has 2 aliphatic rings. The molecule has 3 rings (SSSR count). The highest BCUT2D eigenvalue weighted by atomic mass is 32.2. The number of nitrogens with zero attached hydrogens (tertiary/aromatic N) is 2. The minimum atomic E-state index is -3.45. The van der Waals surface area contributed by atoms with Crippen LogP contribution in [0.5, 0.6) is 0 Å². The van der Waals surface area contributed by atoms with Crippen LogP contribution in [-0.2, 0) is 14.8 Å². The molecule has 0 N–H and O–H groups in total. The molecule has 2 aliphatic heterocycles. The number of carbonyl (C=O) groups is 1. The lowest BCUT2D eigenvalue weighted by Crippen LogP contribution is -2.47. The predicted molar refractivity (Wildman–Crippen MR) is 109 cm³/mol. The standard InChI is InChI=1S/C21H32N2O4S/c1-16-7-9-18(10-8-16)28(25,26)22-14-11-17(12-15-22)19-6-5-13-23(19)20(24)27-21(2,3)4/h7-10,17,19H,5-6,11-15H2,1-4H3/t19-/m0/s1. The Kier molecular flexibility index (Phi) is 6.05. The summed E-state index contributed by atoms with van der Waals surface area (Å²) in [6.07, 6.45) is 3.24. The van der Waals surface area contributed by atoms with Crippen molar-refractivity contribution in [3.63, 3.8) is 0 Å². The van der Waals surface area contributed by atoms with Gasteiger partial charge in [0.05, 0.1) is 4.90 Å². The number of hydrogen-bond acceptors (Lipinski definition) is 4. The van der Waals surface area contributed by atoms with Crippen molar-refractivity contribution in [2.45, 2.75) is 69.9 Å². The van der Waals surface area contributed by atoms with Crippen molar-refractivity contribution in [3.8, 4) is 0 Å². The van der Waals surface area contributed by atoms with Crippen molar-refractivity contribution in [1.82, 2.24) is 9.21 Å². The molecule has 1 aromatic carbocycles. The van der Waals surface area contributed by atoms with Gasteiger partial charge in [-0.05, 0) is 71.4 Å². The molecule has 0 radical (unpaired) electrons. The Morgan fingerprint density at radius 2 is 1.64 bits per heavy atom. The maximum atomic E-state index is 12.9. The van der Waals surface area contributed by atoms with Gasteiger partial charge in [0.25, 0.3) is 0 Å². The number of amides is 1. The summed E-state index contributed by atoms with van der Waals surface area (Å²) in [5, 5.41) is 0. The minimum absolute atomic E-state index is 0.152. The van der Waals surface area contributed by atoms with Crippen LogP contribution in [0.25, 0.3) is 0 Å². The maximum absolute atomic E-state index is 12.9. The molecule has 0 unspecified atom stereocenters. The average Bonchev–Trinajstić information content (AvgIpc) is 3.11. The number of benzene rings is 1. The lowest BCUT2D eigenvalue weighted by atomic mass is 9.89. The monoisotopic (exact) mass is 408 g/mol. The Morgan fingerprint density at radius 1 is 1.04 bits per heavy atom. The number of carbonyl (C=O) groups excluding carboxylic acids is 1. The third-order valence-electron chi connectivity index (χ3n) is 5.63. The molecular weight excluding hydrogens is 376 g/mol. The van der Waals surface area contributed by atoms with Crippen molar-refractivity contribution in [2.24, 2.45) is 5.92 Å². The van der Waals surface area contributed by atoms with E-state index in [2.05, 4.69) is 0 Å². The number of rotatable bonds is 3. The number of piperidine rings is 1. The minimum Gasteiger partial charge on any atom is -0.444 e. The second kappa shape index (κ2) is 8.03. The third-order valence-corrected chi connectivity index (χ3v) is 7.54. The van der Waals surface area contributed by atoms with Crippen LogP contribution in [0.4, 0.5) is 4.79 Å². The molecule has 1 aromatic rings. The molecule has 0 saturated carbocycles. The molecule has 0 aliphatic carbocycles. The van der Waals surface area contributed by atoms with Crippen LogP contribution < -0.4 is 0 Å². The molecule has 156 valence electrons. The second-order valence-corrected chi connectivity index (χ2v) is 10.9. The highest BCUT2D eigenvalue weighted by Crippen LogP contribution is 2.33. The number of ether oxygens (including phenoxy) is 1. The van der Waals surface area contributed by atoms with Gasteiger partial charge < -0.3 is 9.64 Å². The largest absolute Gasteiger partial charge is 0.444 e. The zero-order valence-electron chi connectivity index (χ0n) is 17.3. The van der Waals surface area contributed by atoms with Crippen molar-refractivity contribution in [3.05, 3.63) is 29.8 Å². The number of hydrogen-bond donors (Lipinski definition) is 0. The normalized spacial score (nSPS) is 22.4. The lowest BCUT2D eigenvalue weighted by molar-refractivity contribution is 0.0150. The molecule has 2 heterocycles. The molecule has 0 spiro atoms. The summed E-state index contributed by atoms with van der Waals surface area (Å²) in [6, 6.07) is 7.17. The van der Waals surface area contributed by atoms with Gasteiger partial charge in [-0.15, -0.1) is 0 Å². The first kappa shape index (κ1) is 21.1. The molecule has 2 saturated heterocycles. The second-order valence-electron chi connectivity index (χ2n) is 8.94. The van der Waals surface area contributed by atoms with Crippen molar-refractivity contribution in [1.29, 1.82) is 0 Å². The van der Waals surface area contributed by atoms with Gasteiger partial charge in [-0.3, -0.25) is 0 Å². The van der Waals surface area contributed by atoms with Crippen LogP contribution in [0.1, 0.15) is 52.0 Å². The summed E-state index contributed by atoms with van der Waals surface area (Å²) in [5.74, 6) is 0.319. The number of likely N-dealkylation sites (tertiary alicyclic amines) is 1. The quantitative estimate of drug-likeness (QED) is 0.763. The summed E-state index contributed by atoms with van der Waals surface area (Å²) >= 11 is 0. The van der Waals surface area contributed by atoms with E-state index in [0.29, 0.717) is 23.9 Å². The highest BCUT2D eigenvalue weighted by Gasteiger charge is 2.39. The van der Waals surface area contributed by atoms with Gasteiger partial charge in [0, 0.05) is 25.7 Å². The van der Waals surface area contributed by atoms with E-state index in [-0.39, 0.29) is 12.1 Å². The molecular formula is C21H32N2O4S. The van der Waals surface area contributed by atoms with Crippen LogP contribution in [0.2, 0.25) is 0 Å². The molecule has 7 heteroatoms. The van der Waals surface area contributed by atoms with Gasteiger partial charge in [0.2, 0.25) is 10.0 Å². The van der Waals surface area contributed by atoms with E-state index < -0.39 is 15.6 Å². The van der Waals surface area contributed by atoms with Crippen LogP contribution in [0, 0.1) is 12.8 Å². The topological polar surface area (TPSA) is 66.9 Å². The summed E-state index contributed by atoms with van der Waals surface area (Å²) in [6.45, 7) is 9.31. The fourth-order valence-corrected chi connectivity index (χ4v) is 5.66. The Balaban J connectivity index is 1.63. The fourth-order valence-electron chi connectivity index (χ4n) is 4.19. The fraction of sp³-hybridized carbons (Fsp3) is 0.667. The van der Waals surface area contributed by atoms with Crippen LogP contribution >= 0.6 is 0 Å². The average molecular weight is 409 g/mol. The molecule has 1 atom stereocenters. The molecule has 28 heavy (non-hydrogen) atoms. The number of sulfonamides is 1. The number of aryl methyl sites for hydroxylation is 1. The van der Waals surface area contributed by atoms with E-state index >= 15 is 0 Å². The molecule has 1 amide bonds. The van der Waals surface area contributed by atoms with E-state index in [1.165, 1.54) is 0 Å². The van der Waals surface area contributed by atoms with E-state index in [1.54, 1.807) is 16.4 Å². The summed E-state index contributed by atoms with van der Waals surface area (Å²) in [4.78, 5) is 14.8. The van der Waals surface area contributed by atoms with Gasteiger partial charge >= 0.3 is 6.09 Å². The van der Waals surface area contributed by atoms with Crippen LogP contribution in [-0.4, -0.2) is 55.0 Å². The van der Waals surface area contributed by atoms with Crippen LogP contribution in [0.3, 0.4) is 0 Å². The van der Waals surface area contributed by atoms with Crippen LogP contribution in [0.15, 0.2) is 29.2 Å². The first-order valence-electron chi connectivity index (χ1n) is 10.1. The van der Waals surface area contributed by atoms with Crippen molar-refractivity contribution in [2.75, 3.05) is 19.6 Å². The van der Waals surface area contributed by atoms with E-state index in [4.69, 9.17) is 4.74 Å². The zero-order valence-corrected chi connectivity index (χ0v) is 18.2. The summed E-state index contributed by atoms with van der Waals surface area (Å²) in [5.41, 5.74) is 0.538. The molecule has 0 aromatic heterocycles. The zero-order chi connectivity index (χ0) is 20.5. The summed E-state index contributed by atoms with van der Waals surface area (Å²) in [7, 11) is -3.45. The first-order valence-corrected chi connectivity index (χ1v) is 11.6. The maximum Gasteiger partial charge on any atom is 0.410 e. The first-order chi connectivity index (χ1) is 13.1. The Hall–Kier alpha value is -1.60. The van der Waals surface area contributed by atoms with Crippen molar-refractivity contribution >= 4 is 16.1 Å². The van der Waals surface area contributed by atoms with Gasteiger partial charge in [-0.25, -0.2) is 13.2 Å². The predicted octanol–water partition coefficient (Wildman–Crippen LogP) is 3.80. The Labute approximate surface area is 168 Å². The van der Waals surface area contributed by atoms with E-state index in [0.717, 1.165) is 37.8 Å². The smallest absolute Gasteiger partial charge is 0.410 e. The van der Waals surface area contributed by atoms with Crippen molar-refractivity contribution < 1.29 is 17.9 Å².